The van der Waals surface area contributed by atoms with E-state index in [-0.39, 0.29) is 23.7 Å². The lowest BCUT2D eigenvalue weighted by molar-refractivity contribution is 0.0917. The van der Waals surface area contributed by atoms with Crippen molar-refractivity contribution in [2.45, 2.75) is 64.8 Å². The second-order valence-electron chi connectivity index (χ2n) is 11.5. The van der Waals surface area contributed by atoms with E-state index in [0.717, 1.165) is 68.0 Å². The van der Waals surface area contributed by atoms with Crippen LogP contribution < -0.4 is 5.32 Å². The van der Waals surface area contributed by atoms with Crippen molar-refractivity contribution in [3.63, 3.8) is 0 Å². The zero-order valence-corrected chi connectivity index (χ0v) is 22.9. The van der Waals surface area contributed by atoms with E-state index in [9.17, 15) is 9.59 Å². The van der Waals surface area contributed by atoms with Crippen LogP contribution in [0.5, 0.6) is 0 Å². The standard InChI is InChI=1S/C33H41N3O2/c1-24(2)32(37)29-8-7-26-16-21-35(22-17-28(26)23-29)20-15-25-5-11-30(12-6-25)34-33(38)27-9-13-31(14-10-27)36-18-3-4-19-36/h3-4,7-10,13-14,18-19,23-25,30H,5-6,11-12,15-17,20-22H2,1-2H3,(H,34,38). The third-order valence-corrected chi connectivity index (χ3v) is 8.48. The fraction of sp³-hybridized carbons (Fsp3) is 0.455. The molecule has 0 radical (unpaired) electrons. The van der Waals surface area contributed by atoms with Gasteiger partial charge in [0.05, 0.1) is 0 Å². The minimum absolute atomic E-state index is 0.0369. The Balaban J connectivity index is 1.04. The zero-order valence-electron chi connectivity index (χ0n) is 22.9. The van der Waals surface area contributed by atoms with Crippen LogP contribution in [0.2, 0.25) is 0 Å². The molecule has 2 aromatic carbocycles. The molecule has 0 spiro atoms. The Labute approximate surface area is 227 Å². The van der Waals surface area contributed by atoms with Gasteiger partial charge < -0.3 is 14.8 Å². The van der Waals surface area contributed by atoms with Crippen molar-refractivity contribution < 1.29 is 9.59 Å². The highest BCUT2D eigenvalue weighted by atomic mass is 16.1. The van der Waals surface area contributed by atoms with Gasteiger partial charge in [0.1, 0.15) is 0 Å². The summed E-state index contributed by atoms with van der Waals surface area (Å²) in [5.41, 5.74) is 5.42. The van der Waals surface area contributed by atoms with E-state index in [1.165, 1.54) is 30.4 Å². The van der Waals surface area contributed by atoms with Crippen LogP contribution in [0.25, 0.3) is 5.69 Å². The highest BCUT2D eigenvalue weighted by molar-refractivity contribution is 5.97. The molecule has 0 saturated heterocycles. The maximum absolute atomic E-state index is 12.8. The lowest BCUT2D eigenvalue weighted by atomic mass is 9.84. The first-order valence-electron chi connectivity index (χ1n) is 14.4. The molecule has 1 saturated carbocycles. The molecule has 0 atom stereocenters. The van der Waals surface area contributed by atoms with E-state index < -0.39 is 0 Å². The number of aromatic nitrogens is 1. The molecule has 1 aromatic heterocycles. The zero-order chi connectivity index (χ0) is 26.5. The maximum atomic E-state index is 12.8. The quantitative estimate of drug-likeness (QED) is 0.372. The van der Waals surface area contributed by atoms with Crippen molar-refractivity contribution >= 4 is 11.7 Å². The average Bonchev–Trinajstić information content (AvgIpc) is 3.40. The van der Waals surface area contributed by atoms with Gasteiger partial charge in [-0.3, -0.25) is 9.59 Å². The van der Waals surface area contributed by atoms with Gasteiger partial charge in [0.2, 0.25) is 0 Å². The lowest BCUT2D eigenvalue weighted by Gasteiger charge is -2.30. The Morgan fingerprint density at radius 2 is 1.53 bits per heavy atom. The second-order valence-corrected chi connectivity index (χ2v) is 11.5. The summed E-state index contributed by atoms with van der Waals surface area (Å²) in [6.07, 6.45) is 11.8. The highest BCUT2D eigenvalue weighted by Gasteiger charge is 2.24. The van der Waals surface area contributed by atoms with Gasteiger partial charge in [0.25, 0.3) is 5.91 Å². The van der Waals surface area contributed by atoms with Gasteiger partial charge >= 0.3 is 0 Å². The number of carbonyl (C=O) groups is 2. The van der Waals surface area contributed by atoms with Gasteiger partial charge in [-0.2, -0.15) is 0 Å². The molecule has 1 aliphatic carbocycles. The summed E-state index contributed by atoms with van der Waals surface area (Å²) in [6.45, 7) is 7.25. The number of amides is 1. The molecule has 5 nitrogen and oxygen atoms in total. The van der Waals surface area contributed by atoms with E-state index in [4.69, 9.17) is 0 Å². The molecule has 38 heavy (non-hydrogen) atoms. The molecule has 2 heterocycles. The topological polar surface area (TPSA) is 54.3 Å². The van der Waals surface area contributed by atoms with E-state index in [1.807, 2.05) is 73.3 Å². The van der Waals surface area contributed by atoms with Crippen LogP contribution >= 0.6 is 0 Å². The smallest absolute Gasteiger partial charge is 0.251 e. The van der Waals surface area contributed by atoms with Crippen LogP contribution in [0.3, 0.4) is 0 Å². The lowest BCUT2D eigenvalue weighted by Crippen LogP contribution is -2.38. The van der Waals surface area contributed by atoms with Crippen molar-refractivity contribution in [1.29, 1.82) is 0 Å². The summed E-state index contributed by atoms with van der Waals surface area (Å²) in [4.78, 5) is 27.8. The Bertz CT molecular complexity index is 1220. The fourth-order valence-electron chi connectivity index (χ4n) is 6.00. The van der Waals surface area contributed by atoms with Gasteiger partial charge in [0, 0.05) is 54.3 Å². The molecule has 0 unspecified atom stereocenters. The number of Topliss-reactive ketones (excluding diaryl/α,β-unsaturated/α-hetero) is 1. The van der Waals surface area contributed by atoms with Crippen LogP contribution in [0.15, 0.2) is 67.0 Å². The molecule has 0 bridgehead atoms. The van der Waals surface area contributed by atoms with Crippen molar-refractivity contribution in [1.82, 2.24) is 14.8 Å². The molecule has 1 amide bonds. The first-order valence-corrected chi connectivity index (χ1v) is 14.4. The predicted octanol–water partition coefficient (Wildman–Crippen LogP) is 6.10. The fourth-order valence-corrected chi connectivity index (χ4v) is 6.00. The monoisotopic (exact) mass is 511 g/mol. The number of fused-ring (bicyclic) bond motifs is 1. The normalized spacial score (nSPS) is 20.1. The summed E-state index contributed by atoms with van der Waals surface area (Å²) >= 11 is 0. The molecule has 5 rings (SSSR count). The SMILES string of the molecule is CC(C)C(=O)c1ccc2c(c1)CCN(CCC1CCC(NC(=O)c3ccc(-n4cccc4)cc3)CC1)CC2. The molecule has 1 aliphatic heterocycles. The number of nitrogens with one attached hydrogen (secondary N) is 1. The Kier molecular flexibility index (Phi) is 8.43. The minimum atomic E-state index is 0.0369. The van der Waals surface area contributed by atoms with Gasteiger partial charge in [0.15, 0.2) is 5.78 Å². The van der Waals surface area contributed by atoms with Gasteiger partial charge in [-0.05, 0) is 111 Å². The van der Waals surface area contributed by atoms with E-state index in [1.54, 1.807) is 0 Å². The Morgan fingerprint density at radius 1 is 0.868 bits per heavy atom. The van der Waals surface area contributed by atoms with Crippen LogP contribution in [-0.4, -0.2) is 46.8 Å². The maximum Gasteiger partial charge on any atom is 0.251 e. The first-order chi connectivity index (χ1) is 18.5. The predicted molar refractivity (Wildman–Crippen MR) is 153 cm³/mol. The van der Waals surface area contributed by atoms with Crippen molar-refractivity contribution in [2.24, 2.45) is 11.8 Å². The minimum Gasteiger partial charge on any atom is -0.349 e. The summed E-state index contributed by atoms with van der Waals surface area (Å²) < 4.78 is 2.04. The van der Waals surface area contributed by atoms with Crippen molar-refractivity contribution in [2.75, 3.05) is 19.6 Å². The summed E-state index contributed by atoms with van der Waals surface area (Å²) in [7, 11) is 0. The van der Waals surface area contributed by atoms with Crippen LogP contribution in [0, 0.1) is 11.8 Å². The van der Waals surface area contributed by atoms with Crippen molar-refractivity contribution in [3.8, 4) is 5.69 Å². The molecule has 2 aliphatic rings. The number of rotatable bonds is 8. The summed E-state index contributed by atoms with van der Waals surface area (Å²) in [6, 6.07) is 18.4. The Morgan fingerprint density at radius 3 is 2.21 bits per heavy atom. The third kappa shape index (κ3) is 6.44. The number of carbonyl (C=O) groups excluding carboxylic acids is 2. The van der Waals surface area contributed by atoms with Crippen LogP contribution in [0.1, 0.15) is 77.8 Å². The number of hydrogen-bond acceptors (Lipinski definition) is 3. The number of benzene rings is 2. The average molecular weight is 512 g/mol. The van der Waals surface area contributed by atoms with E-state index in [2.05, 4.69) is 22.3 Å². The summed E-state index contributed by atoms with van der Waals surface area (Å²) in [5, 5.41) is 3.27. The van der Waals surface area contributed by atoms with Gasteiger partial charge in [-0.15, -0.1) is 0 Å². The molecule has 1 fully saturated rings. The van der Waals surface area contributed by atoms with Gasteiger partial charge in [-0.1, -0.05) is 26.0 Å². The Hall–Kier alpha value is -3.18. The molecule has 1 N–H and O–H groups in total. The summed E-state index contributed by atoms with van der Waals surface area (Å²) in [5.74, 6) is 1.06. The highest BCUT2D eigenvalue weighted by Crippen LogP contribution is 2.28. The van der Waals surface area contributed by atoms with E-state index >= 15 is 0 Å². The van der Waals surface area contributed by atoms with Crippen LogP contribution in [0.4, 0.5) is 0 Å². The molecular weight excluding hydrogens is 470 g/mol. The number of nitrogens with zero attached hydrogens (tertiary/aromatic N) is 2. The van der Waals surface area contributed by atoms with Gasteiger partial charge in [-0.25, -0.2) is 0 Å². The first kappa shape index (κ1) is 26.4. The molecule has 5 heteroatoms. The second kappa shape index (κ2) is 12.1. The largest absolute Gasteiger partial charge is 0.349 e. The number of ketones is 1. The molecular formula is C33H41N3O2. The third-order valence-electron chi connectivity index (χ3n) is 8.48. The van der Waals surface area contributed by atoms with Crippen LogP contribution in [-0.2, 0) is 12.8 Å². The van der Waals surface area contributed by atoms with Crippen molar-refractivity contribution in [3.05, 3.63) is 89.2 Å². The van der Waals surface area contributed by atoms with E-state index in [0.29, 0.717) is 0 Å². The number of hydrogen-bond donors (Lipinski definition) is 1. The molecule has 200 valence electrons. The molecule has 3 aromatic rings.